The maximum atomic E-state index is 12.5. The van der Waals surface area contributed by atoms with Crippen molar-refractivity contribution in [3.05, 3.63) is 41.5 Å². The molecule has 0 spiro atoms. The van der Waals surface area contributed by atoms with Crippen LogP contribution in [0, 0.1) is 0 Å². The second-order valence-electron chi connectivity index (χ2n) is 5.63. The van der Waals surface area contributed by atoms with Gasteiger partial charge >= 0.3 is 24.7 Å². The van der Waals surface area contributed by atoms with Gasteiger partial charge in [-0.25, -0.2) is 9.59 Å². The predicted molar refractivity (Wildman–Crippen MR) is 92.1 cm³/mol. The molecular formula is C17H12F6N2O6. The summed E-state index contributed by atoms with van der Waals surface area (Å²) in [5.74, 6) is -5.64. The number of alkyl halides is 6. The number of carboxylic acids is 1. The summed E-state index contributed by atoms with van der Waals surface area (Å²) in [6, 6.07) is 3.42. The summed E-state index contributed by atoms with van der Waals surface area (Å²) >= 11 is 0. The highest BCUT2D eigenvalue weighted by Crippen LogP contribution is 2.37. The lowest BCUT2D eigenvalue weighted by Gasteiger charge is -2.16. The standard InChI is InChI=1S/C17H12F6N2O6/c1-25-13-10(14(26)27)5-8(31-17(21,22)23)6-12(13)29-15(28)9-4-7(2-3-11(9)24)30-16(18,19)20/h2-6,25H,24H2,1H3,(H,26,27). The molecule has 0 saturated carbocycles. The van der Waals surface area contributed by atoms with Crippen molar-refractivity contribution in [2.75, 3.05) is 18.1 Å². The summed E-state index contributed by atoms with van der Waals surface area (Å²) < 4.78 is 87.0. The fourth-order valence-electron chi connectivity index (χ4n) is 2.35. The molecule has 0 amide bonds. The number of benzene rings is 2. The first-order chi connectivity index (χ1) is 14.2. The van der Waals surface area contributed by atoms with Gasteiger partial charge in [-0.05, 0) is 24.3 Å². The monoisotopic (exact) mass is 454 g/mol. The Bertz CT molecular complexity index is 1010. The molecule has 2 aromatic carbocycles. The Balaban J connectivity index is 2.48. The highest BCUT2D eigenvalue weighted by atomic mass is 19.4. The minimum Gasteiger partial charge on any atom is -0.478 e. The summed E-state index contributed by atoms with van der Waals surface area (Å²) in [4.78, 5) is 23.8. The first kappa shape index (κ1) is 23.4. The Kier molecular flexibility index (Phi) is 6.42. The molecule has 0 fully saturated rings. The number of esters is 1. The number of hydrogen-bond acceptors (Lipinski definition) is 7. The first-order valence-electron chi connectivity index (χ1n) is 7.92. The van der Waals surface area contributed by atoms with Crippen molar-refractivity contribution >= 4 is 23.3 Å². The van der Waals surface area contributed by atoms with Crippen LogP contribution in [0.2, 0.25) is 0 Å². The molecule has 0 aromatic heterocycles. The van der Waals surface area contributed by atoms with Crippen molar-refractivity contribution in [2.45, 2.75) is 12.7 Å². The van der Waals surface area contributed by atoms with E-state index < -0.39 is 58.7 Å². The van der Waals surface area contributed by atoms with Crippen molar-refractivity contribution in [2.24, 2.45) is 0 Å². The van der Waals surface area contributed by atoms with E-state index in [1.807, 2.05) is 0 Å². The van der Waals surface area contributed by atoms with Gasteiger partial charge in [-0.2, -0.15) is 0 Å². The average molecular weight is 454 g/mol. The molecule has 0 heterocycles. The maximum absolute atomic E-state index is 12.5. The van der Waals surface area contributed by atoms with Crippen LogP contribution in [0.15, 0.2) is 30.3 Å². The molecule has 14 heteroatoms. The second-order valence-corrected chi connectivity index (χ2v) is 5.63. The largest absolute Gasteiger partial charge is 0.573 e. The zero-order valence-corrected chi connectivity index (χ0v) is 15.2. The van der Waals surface area contributed by atoms with Gasteiger partial charge < -0.3 is 30.4 Å². The van der Waals surface area contributed by atoms with Crippen LogP contribution in [0.5, 0.6) is 17.2 Å². The Hall–Kier alpha value is -3.84. The lowest BCUT2D eigenvalue weighted by atomic mass is 10.1. The van der Waals surface area contributed by atoms with E-state index in [1.165, 1.54) is 7.05 Å². The molecule has 8 nitrogen and oxygen atoms in total. The number of carbonyl (C=O) groups excluding carboxylic acids is 1. The molecule has 168 valence electrons. The summed E-state index contributed by atoms with van der Waals surface area (Å²) in [6.07, 6.45) is -10.3. The number of nitrogen functional groups attached to an aromatic ring is 1. The molecule has 0 atom stereocenters. The van der Waals surface area contributed by atoms with Gasteiger partial charge in [0.1, 0.15) is 11.5 Å². The molecule has 0 aliphatic heterocycles. The Morgan fingerprint density at radius 1 is 0.935 bits per heavy atom. The number of carbonyl (C=O) groups is 2. The van der Waals surface area contributed by atoms with Gasteiger partial charge in [-0.3, -0.25) is 0 Å². The molecule has 0 bridgehead atoms. The van der Waals surface area contributed by atoms with E-state index in [-0.39, 0.29) is 5.69 Å². The van der Waals surface area contributed by atoms with E-state index in [1.54, 1.807) is 0 Å². The number of hydrogen-bond donors (Lipinski definition) is 3. The van der Waals surface area contributed by atoms with Crippen molar-refractivity contribution in [3.8, 4) is 17.2 Å². The molecule has 0 unspecified atom stereocenters. The number of carboxylic acid groups (broad SMARTS) is 1. The maximum Gasteiger partial charge on any atom is 0.573 e. The van der Waals surface area contributed by atoms with E-state index in [0.717, 1.165) is 12.1 Å². The number of nitrogens with one attached hydrogen (secondary N) is 1. The van der Waals surface area contributed by atoms with Crippen molar-refractivity contribution < 1.29 is 55.2 Å². The average Bonchev–Trinajstić information content (AvgIpc) is 2.60. The first-order valence-corrected chi connectivity index (χ1v) is 7.92. The SMILES string of the molecule is CNc1c(OC(=O)c2cc(OC(F)(F)F)ccc2N)cc(OC(F)(F)F)cc1C(=O)O. The highest BCUT2D eigenvalue weighted by molar-refractivity contribution is 6.00. The topological polar surface area (TPSA) is 120 Å². The molecule has 0 saturated heterocycles. The van der Waals surface area contributed by atoms with Gasteiger partial charge in [0.15, 0.2) is 5.75 Å². The van der Waals surface area contributed by atoms with E-state index in [0.29, 0.717) is 18.2 Å². The van der Waals surface area contributed by atoms with Gasteiger partial charge in [0.2, 0.25) is 0 Å². The normalized spacial score (nSPS) is 11.6. The molecule has 2 rings (SSSR count). The van der Waals surface area contributed by atoms with Gasteiger partial charge in [-0.1, -0.05) is 0 Å². The van der Waals surface area contributed by atoms with Crippen LogP contribution in [0.4, 0.5) is 37.7 Å². The van der Waals surface area contributed by atoms with Crippen LogP contribution in [0.25, 0.3) is 0 Å². The van der Waals surface area contributed by atoms with E-state index in [9.17, 15) is 41.0 Å². The van der Waals surface area contributed by atoms with Crippen LogP contribution in [-0.4, -0.2) is 36.8 Å². The van der Waals surface area contributed by atoms with Crippen LogP contribution < -0.4 is 25.3 Å². The molecular weight excluding hydrogens is 442 g/mol. The molecule has 31 heavy (non-hydrogen) atoms. The zero-order chi connectivity index (χ0) is 23.6. The lowest BCUT2D eigenvalue weighted by molar-refractivity contribution is -0.275. The zero-order valence-electron chi connectivity index (χ0n) is 15.2. The number of ether oxygens (including phenoxy) is 3. The summed E-state index contributed by atoms with van der Waals surface area (Å²) in [5.41, 5.74) is 3.44. The summed E-state index contributed by atoms with van der Waals surface area (Å²) in [5, 5.41) is 11.6. The van der Waals surface area contributed by atoms with Crippen LogP contribution >= 0.6 is 0 Å². The van der Waals surface area contributed by atoms with Crippen molar-refractivity contribution in [1.82, 2.24) is 0 Å². The Morgan fingerprint density at radius 3 is 2.00 bits per heavy atom. The van der Waals surface area contributed by atoms with Crippen LogP contribution in [0.3, 0.4) is 0 Å². The van der Waals surface area contributed by atoms with Crippen LogP contribution in [-0.2, 0) is 0 Å². The molecule has 4 N–H and O–H groups in total. The Labute approximate surface area is 169 Å². The van der Waals surface area contributed by atoms with E-state index >= 15 is 0 Å². The van der Waals surface area contributed by atoms with Crippen LogP contribution in [0.1, 0.15) is 20.7 Å². The number of aromatic carboxylic acids is 1. The fourth-order valence-corrected chi connectivity index (χ4v) is 2.35. The second kappa shape index (κ2) is 8.49. The molecule has 0 aliphatic rings. The number of halogens is 6. The minimum atomic E-state index is -5.19. The fraction of sp³-hybridized carbons (Fsp3) is 0.176. The third-order valence-corrected chi connectivity index (χ3v) is 3.47. The summed E-state index contributed by atoms with van der Waals surface area (Å²) in [7, 11) is 1.19. The van der Waals surface area contributed by atoms with Gasteiger partial charge in [-0.15, -0.1) is 26.3 Å². The molecule has 0 aliphatic carbocycles. The van der Waals surface area contributed by atoms with Gasteiger partial charge in [0.25, 0.3) is 0 Å². The number of anilines is 2. The van der Waals surface area contributed by atoms with Gasteiger partial charge in [0, 0.05) is 18.8 Å². The summed E-state index contributed by atoms with van der Waals surface area (Å²) in [6.45, 7) is 0. The smallest absolute Gasteiger partial charge is 0.478 e. The van der Waals surface area contributed by atoms with Crippen molar-refractivity contribution in [1.29, 1.82) is 0 Å². The van der Waals surface area contributed by atoms with Gasteiger partial charge in [0.05, 0.1) is 16.8 Å². The third kappa shape index (κ3) is 6.32. The minimum absolute atomic E-state index is 0.341. The quantitative estimate of drug-likeness (QED) is 0.259. The molecule has 0 radical (unpaired) electrons. The number of rotatable bonds is 6. The van der Waals surface area contributed by atoms with E-state index in [4.69, 9.17) is 10.5 Å². The predicted octanol–water partition coefficient (Wildman–Crippen LogP) is 4.03. The number of nitrogens with two attached hydrogens (primary N) is 1. The Morgan fingerprint density at radius 2 is 1.48 bits per heavy atom. The highest BCUT2D eigenvalue weighted by Gasteiger charge is 2.33. The lowest BCUT2D eigenvalue weighted by Crippen LogP contribution is -2.19. The third-order valence-electron chi connectivity index (χ3n) is 3.47. The van der Waals surface area contributed by atoms with E-state index in [2.05, 4.69) is 14.8 Å². The van der Waals surface area contributed by atoms with Crippen molar-refractivity contribution in [3.63, 3.8) is 0 Å². The molecule has 2 aromatic rings.